The number of nitrogens with two attached hydrogens (primary N) is 1. The highest BCUT2D eigenvalue weighted by Crippen LogP contribution is 2.19. The molecule has 0 fully saturated rings. The molecule has 8 nitrogen and oxygen atoms in total. The second-order valence-corrected chi connectivity index (χ2v) is 6.86. The molecule has 1 aromatic heterocycles. The van der Waals surface area contributed by atoms with E-state index in [1.54, 1.807) is 31.2 Å². The molecule has 0 saturated heterocycles. The van der Waals surface area contributed by atoms with Gasteiger partial charge in [-0.1, -0.05) is 24.3 Å². The lowest BCUT2D eigenvalue weighted by molar-refractivity contribution is 0.102. The number of carbonyl (C=O) groups is 1. The van der Waals surface area contributed by atoms with Crippen LogP contribution in [0.3, 0.4) is 0 Å². The molecule has 0 radical (unpaired) electrons. The van der Waals surface area contributed by atoms with Crippen LogP contribution in [0.25, 0.3) is 5.69 Å². The van der Waals surface area contributed by atoms with Crippen LogP contribution < -0.4 is 10.5 Å². The summed E-state index contributed by atoms with van der Waals surface area (Å²) in [5, 5.41) is 15.9. The first-order valence-corrected chi connectivity index (χ1v) is 8.82. The highest BCUT2D eigenvalue weighted by atomic mass is 32.2. The zero-order valence-electron chi connectivity index (χ0n) is 13.2. The number of amides is 1. The number of aromatic nitrogens is 3. The first-order chi connectivity index (χ1) is 11.8. The summed E-state index contributed by atoms with van der Waals surface area (Å²) in [6, 6.07) is 13.6. The summed E-state index contributed by atoms with van der Waals surface area (Å²) in [5.41, 5.74) is 1.61. The maximum atomic E-state index is 12.3. The molecule has 1 heterocycles. The van der Waals surface area contributed by atoms with E-state index in [0.717, 1.165) is 0 Å². The molecule has 0 aliphatic carbocycles. The van der Waals surface area contributed by atoms with Crippen molar-refractivity contribution in [3.05, 3.63) is 66.0 Å². The SMILES string of the molecule is Cc1ccc(NC(=O)c2cnn(-c3ccccc3)n2)cc1S(N)(=O)=O. The fourth-order valence-electron chi connectivity index (χ4n) is 2.23. The number of hydrogen-bond acceptors (Lipinski definition) is 5. The number of rotatable bonds is 4. The Morgan fingerprint density at radius 3 is 2.56 bits per heavy atom. The second kappa shape index (κ2) is 6.46. The Morgan fingerprint density at radius 1 is 1.16 bits per heavy atom. The van der Waals surface area contributed by atoms with Gasteiger partial charge in [-0.25, -0.2) is 13.6 Å². The number of anilines is 1. The number of benzene rings is 2. The summed E-state index contributed by atoms with van der Waals surface area (Å²) in [4.78, 5) is 13.6. The monoisotopic (exact) mass is 357 g/mol. The Balaban J connectivity index is 1.83. The van der Waals surface area contributed by atoms with Crippen molar-refractivity contribution in [2.75, 3.05) is 5.32 Å². The third-order valence-corrected chi connectivity index (χ3v) is 4.52. The summed E-state index contributed by atoms with van der Waals surface area (Å²) in [7, 11) is -3.87. The Labute approximate surface area is 144 Å². The molecule has 0 saturated carbocycles. The van der Waals surface area contributed by atoms with Crippen molar-refractivity contribution < 1.29 is 13.2 Å². The Kier molecular flexibility index (Phi) is 4.34. The number of carbonyl (C=O) groups excluding carboxylic acids is 1. The van der Waals surface area contributed by atoms with E-state index in [4.69, 9.17) is 5.14 Å². The van der Waals surface area contributed by atoms with Crippen LogP contribution in [0.2, 0.25) is 0 Å². The summed E-state index contributed by atoms with van der Waals surface area (Å²) in [6.07, 6.45) is 1.33. The quantitative estimate of drug-likeness (QED) is 0.733. The first kappa shape index (κ1) is 16.8. The molecule has 0 atom stereocenters. The van der Waals surface area contributed by atoms with E-state index in [9.17, 15) is 13.2 Å². The van der Waals surface area contributed by atoms with Crippen molar-refractivity contribution >= 4 is 21.6 Å². The summed E-state index contributed by atoms with van der Waals surface area (Å²) in [5.74, 6) is -0.508. The van der Waals surface area contributed by atoms with Crippen LogP contribution >= 0.6 is 0 Å². The lowest BCUT2D eigenvalue weighted by Crippen LogP contribution is -2.16. The van der Waals surface area contributed by atoms with E-state index in [1.807, 2.05) is 18.2 Å². The highest BCUT2D eigenvalue weighted by molar-refractivity contribution is 7.89. The van der Waals surface area contributed by atoms with Gasteiger partial charge in [-0.3, -0.25) is 4.79 Å². The first-order valence-electron chi connectivity index (χ1n) is 7.27. The van der Waals surface area contributed by atoms with Crippen molar-refractivity contribution in [2.45, 2.75) is 11.8 Å². The number of aryl methyl sites for hydroxylation is 1. The van der Waals surface area contributed by atoms with Gasteiger partial charge in [0.25, 0.3) is 5.91 Å². The number of primary sulfonamides is 1. The zero-order chi connectivity index (χ0) is 18.0. The van der Waals surface area contributed by atoms with E-state index in [1.165, 1.54) is 17.1 Å². The molecule has 25 heavy (non-hydrogen) atoms. The molecule has 128 valence electrons. The normalized spacial score (nSPS) is 11.3. The van der Waals surface area contributed by atoms with Crippen LogP contribution in [0.4, 0.5) is 5.69 Å². The largest absolute Gasteiger partial charge is 0.321 e. The Bertz CT molecular complexity index is 1030. The fourth-order valence-corrected chi connectivity index (χ4v) is 3.04. The summed E-state index contributed by atoms with van der Waals surface area (Å²) >= 11 is 0. The summed E-state index contributed by atoms with van der Waals surface area (Å²) in [6.45, 7) is 1.62. The van der Waals surface area contributed by atoms with Gasteiger partial charge in [-0.05, 0) is 36.8 Å². The molecular weight excluding hydrogens is 342 g/mol. The van der Waals surface area contributed by atoms with Crippen molar-refractivity contribution in [1.29, 1.82) is 0 Å². The van der Waals surface area contributed by atoms with Crippen LogP contribution in [0.15, 0.2) is 59.6 Å². The highest BCUT2D eigenvalue weighted by Gasteiger charge is 2.15. The smallest absolute Gasteiger partial charge is 0.277 e. The van der Waals surface area contributed by atoms with Crippen molar-refractivity contribution in [3.63, 3.8) is 0 Å². The van der Waals surface area contributed by atoms with Gasteiger partial charge in [0.2, 0.25) is 10.0 Å². The lowest BCUT2D eigenvalue weighted by atomic mass is 10.2. The van der Waals surface area contributed by atoms with Crippen LogP contribution in [-0.4, -0.2) is 29.3 Å². The predicted molar refractivity (Wildman–Crippen MR) is 91.9 cm³/mol. The minimum Gasteiger partial charge on any atom is -0.321 e. The Hall–Kier alpha value is -3.04. The van der Waals surface area contributed by atoms with E-state index in [0.29, 0.717) is 16.9 Å². The maximum absolute atomic E-state index is 12.3. The van der Waals surface area contributed by atoms with Gasteiger partial charge in [-0.2, -0.15) is 9.90 Å². The molecule has 0 aliphatic heterocycles. The third-order valence-electron chi connectivity index (χ3n) is 3.46. The topological polar surface area (TPSA) is 120 Å². The molecular formula is C16H15N5O3S. The lowest BCUT2D eigenvalue weighted by Gasteiger charge is -2.07. The minimum absolute atomic E-state index is 0.0433. The molecule has 3 N–H and O–H groups in total. The van der Waals surface area contributed by atoms with E-state index >= 15 is 0 Å². The molecule has 0 aliphatic rings. The third kappa shape index (κ3) is 3.73. The second-order valence-electron chi connectivity index (χ2n) is 5.33. The van der Waals surface area contributed by atoms with E-state index < -0.39 is 15.9 Å². The van der Waals surface area contributed by atoms with Gasteiger partial charge in [-0.15, -0.1) is 5.10 Å². The van der Waals surface area contributed by atoms with Crippen molar-refractivity contribution in [2.24, 2.45) is 5.14 Å². The van der Waals surface area contributed by atoms with Crippen LogP contribution in [0.1, 0.15) is 16.1 Å². The van der Waals surface area contributed by atoms with Crippen LogP contribution in [-0.2, 0) is 10.0 Å². The molecule has 0 spiro atoms. The molecule has 0 unspecified atom stereocenters. The molecule has 2 aromatic carbocycles. The molecule has 0 bridgehead atoms. The summed E-state index contributed by atoms with van der Waals surface area (Å²) < 4.78 is 23.1. The molecule has 3 rings (SSSR count). The van der Waals surface area contributed by atoms with Gasteiger partial charge in [0.15, 0.2) is 5.69 Å². The van der Waals surface area contributed by atoms with Gasteiger partial charge < -0.3 is 5.32 Å². The molecule has 9 heteroatoms. The standard InChI is InChI=1S/C16H15N5O3S/c1-11-7-8-12(9-15(11)25(17,23)24)19-16(22)14-10-18-21(20-14)13-5-3-2-4-6-13/h2-10H,1H3,(H,19,22)(H2,17,23,24). The number of hydrogen-bond donors (Lipinski definition) is 2. The Morgan fingerprint density at radius 2 is 1.88 bits per heavy atom. The molecule has 3 aromatic rings. The molecule has 1 amide bonds. The van der Waals surface area contributed by atoms with Crippen molar-refractivity contribution in [3.8, 4) is 5.69 Å². The zero-order valence-corrected chi connectivity index (χ0v) is 14.1. The fraction of sp³-hybridized carbons (Fsp3) is 0.0625. The van der Waals surface area contributed by atoms with Gasteiger partial charge >= 0.3 is 0 Å². The predicted octanol–water partition coefficient (Wildman–Crippen LogP) is 1.48. The number of para-hydroxylation sites is 1. The van der Waals surface area contributed by atoms with Gasteiger partial charge in [0.1, 0.15) is 0 Å². The van der Waals surface area contributed by atoms with Crippen LogP contribution in [0.5, 0.6) is 0 Å². The van der Waals surface area contributed by atoms with Gasteiger partial charge in [0, 0.05) is 5.69 Å². The average molecular weight is 357 g/mol. The van der Waals surface area contributed by atoms with E-state index in [2.05, 4.69) is 15.5 Å². The average Bonchev–Trinajstić information content (AvgIpc) is 3.06. The minimum atomic E-state index is -3.87. The van der Waals surface area contributed by atoms with Crippen LogP contribution in [0, 0.1) is 6.92 Å². The van der Waals surface area contributed by atoms with Gasteiger partial charge in [0.05, 0.1) is 16.8 Å². The maximum Gasteiger partial charge on any atom is 0.277 e. The van der Waals surface area contributed by atoms with E-state index in [-0.39, 0.29) is 10.6 Å². The van der Waals surface area contributed by atoms with Crippen molar-refractivity contribution in [1.82, 2.24) is 15.0 Å². The number of nitrogens with one attached hydrogen (secondary N) is 1. The number of nitrogens with zero attached hydrogens (tertiary/aromatic N) is 3. The number of sulfonamides is 1.